The maximum Gasteiger partial charge on any atom is 0.282 e. The number of amides is 2. The molecule has 2 aromatic carbocycles. The van der Waals surface area contributed by atoms with E-state index in [4.69, 9.17) is 0 Å². The number of para-hydroxylation sites is 2. The van der Waals surface area contributed by atoms with Crippen molar-refractivity contribution in [2.24, 2.45) is 0 Å². The van der Waals surface area contributed by atoms with Gasteiger partial charge in [-0.2, -0.15) is 0 Å². The molecule has 1 aromatic heterocycles. The van der Waals surface area contributed by atoms with Crippen molar-refractivity contribution in [1.82, 2.24) is 10.2 Å². The molecule has 2 amide bonds. The predicted octanol–water partition coefficient (Wildman–Crippen LogP) is 3.77. The van der Waals surface area contributed by atoms with Crippen LogP contribution in [0.5, 0.6) is 0 Å². The number of rotatable bonds is 6. The van der Waals surface area contributed by atoms with Crippen LogP contribution in [-0.2, 0) is 11.2 Å². The summed E-state index contributed by atoms with van der Waals surface area (Å²) in [6, 6.07) is 13.6. The molecular formula is C20H17N5O4S2. The second-order valence-electron chi connectivity index (χ2n) is 6.67. The molecule has 0 saturated heterocycles. The number of hydrogen-bond donors (Lipinski definition) is 1. The van der Waals surface area contributed by atoms with Crippen molar-refractivity contribution in [2.75, 3.05) is 22.5 Å². The minimum Gasteiger partial charge on any atom is -0.311 e. The van der Waals surface area contributed by atoms with E-state index in [9.17, 15) is 19.7 Å². The summed E-state index contributed by atoms with van der Waals surface area (Å²) in [5, 5.41) is 21.7. The van der Waals surface area contributed by atoms with Gasteiger partial charge in [0.15, 0.2) is 4.34 Å². The third-order valence-electron chi connectivity index (χ3n) is 4.70. The first-order chi connectivity index (χ1) is 15.0. The largest absolute Gasteiger partial charge is 0.311 e. The Labute approximate surface area is 185 Å². The number of nitrogens with one attached hydrogen (secondary N) is 1. The third-order valence-corrected chi connectivity index (χ3v) is 6.66. The number of hydrogen-bond acceptors (Lipinski definition) is 8. The first-order valence-corrected chi connectivity index (χ1v) is 11.2. The SMILES string of the molecule is O=C(Nc1nnc(SCC(=O)N2CCCc3ccccc32)s1)c1ccccc1[N+](=O)[O-]. The summed E-state index contributed by atoms with van der Waals surface area (Å²) in [6.07, 6.45) is 1.89. The Kier molecular flexibility index (Phi) is 6.23. The van der Waals surface area contributed by atoms with Crippen LogP contribution in [0.2, 0.25) is 0 Å². The number of nitro groups is 1. The van der Waals surface area contributed by atoms with Crippen molar-refractivity contribution in [3.8, 4) is 0 Å². The van der Waals surface area contributed by atoms with E-state index in [-0.39, 0.29) is 28.0 Å². The second kappa shape index (κ2) is 9.23. The number of aromatic nitrogens is 2. The van der Waals surface area contributed by atoms with Crippen LogP contribution >= 0.6 is 23.1 Å². The molecule has 31 heavy (non-hydrogen) atoms. The van der Waals surface area contributed by atoms with Gasteiger partial charge in [0.05, 0.1) is 10.7 Å². The molecule has 9 nitrogen and oxygen atoms in total. The number of carbonyl (C=O) groups excluding carboxylic acids is 2. The number of nitro benzene ring substituents is 1. The second-order valence-corrected chi connectivity index (χ2v) is 8.87. The van der Waals surface area contributed by atoms with Gasteiger partial charge in [0.2, 0.25) is 11.0 Å². The highest BCUT2D eigenvalue weighted by Crippen LogP contribution is 2.30. The highest BCUT2D eigenvalue weighted by molar-refractivity contribution is 8.01. The summed E-state index contributed by atoms with van der Waals surface area (Å²) in [5.74, 6) is -0.458. The molecule has 0 atom stereocenters. The Morgan fingerprint density at radius 2 is 1.94 bits per heavy atom. The smallest absolute Gasteiger partial charge is 0.282 e. The average Bonchev–Trinajstić information content (AvgIpc) is 3.24. The van der Waals surface area contributed by atoms with Crippen LogP contribution in [0.15, 0.2) is 52.9 Å². The number of thioether (sulfide) groups is 1. The maximum absolute atomic E-state index is 12.7. The van der Waals surface area contributed by atoms with Crippen molar-refractivity contribution in [3.63, 3.8) is 0 Å². The van der Waals surface area contributed by atoms with Crippen molar-refractivity contribution in [1.29, 1.82) is 0 Å². The van der Waals surface area contributed by atoms with E-state index >= 15 is 0 Å². The van der Waals surface area contributed by atoms with Crippen LogP contribution in [-0.4, -0.2) is 39.2 Å². The summed E-state index contributed by atoms with van der Waals surface area (Å²) in [4.78, 5) is 37.4. The molecule has 1 aliphatic heterocycles. The fraction of sp³-hybridized carbons (Fsp3) is 0.200. The zero-order valence-electron chi connectivity index (χ0n) is 16.2. The summed E-state index contributed by atoms with van der Waals surface area (Å²) >= 11 is 2.36. The lowest BCUT2D eigenvalue weighted by Crippen LogP contribution is -2.36. The molecule has 0 fully saturated rings. The summed E-state index contributed by atoms with van der Waals surface area (Å²) < 4.78 is 0.525. The van der Waals surface area contributed by atoms with Crippen molar-refractivity contribution in [2.45, 2.75) is 17.2 Å². The van der Waals surface area contributed by atoms with Crippen molar-refractivity contribution < 1.29 is 14.5 Å². The monoisotopic (exact) mass is 455 g/mol. The van der Waals surface area contributed by atoms with Crippen molar-refractivity contribution in [3.05, 3.63) is 69.8 Å². The fourth-order valence-corrected chi connectivity index (χ4v) is 4.93. The van der Waals surface area contributed by atoms with E-state index in [2.05, 4.69) is 15.5 Å². The minimum absolute atomic E-state index is 0.0159. The van der Waals surface area contributed by atoms with Gasteiger partial charge in [0.25, 0.3) is 11.6 Å². The molecule has 1 aliphatic rings. The Bertz CT molecular complexity index is 1150. The van der Waals surface area contributed by atoms with E-state index in [1.54, 1.807) is 11.0 Å². The molecule has 0 saturated carbocycles. The van der Waals surface area contributed by atoms with Crippen LogP contribution in [0.3, 0.4) is 0 Å². The number of aryl methyl sites for hydroxylation is 1. The third kappa shape index (κ3) is 4.72. The molecule has 0 radical (unpaired) electrons. The molecule has 2 heterocycles. The molecular weight excluding hydrogens is 438 g/mol. The standard InChI is InChI=1S/C20H17N5O4S2/c26-17(24-11-5-7-13-6-1-3-9-15(13)24)12-30-20-23-22-19(31-20)21-18(27)14-8-2-4-10-16(14)25(28)29/h1-4,6,8-10H,5,7,11-12H2,(H,21,22,27). The summed E-state index contributed by atoms with van der Waals surface area (Å²) in [6.45, 7) is 0.684. The quantitative estimate of drug-likeness (QED) is 0.260. The lowest BCUT2D eigenvalue weighted by Gasteiger charge is -2.29. The first-order valence-electron chi connectivity index (χ1n) is 9.42. The fourth-order valence-electron chi connectivity index (χ4n) is 3.30. The number of anilines is 2. The Balaban J connectivity index is 1.38. The molecule has 0 spiro atoms. The Hall–Kier alpha value is -3.31. The highest BCUT2D eigenvalue weighted by Gasteiger charge is 2.23. The van der Waals surface area contributed by atoms with Crippen LogP contribution in [0, 0.1) is 10.1 Å². The number of carbonyl (C=O) groups is 2. The number of fused-ring (bicyclic) bond motifs is 1. The summed E-state index contributed by atoms with van der Waals surface area (Å²) in [5.41, 5.74) is 1.78. The van der Waals surface area contributed by atoms with Crippen LogP contribution in [0.4, 0.5) is 16.5 Å². The summed E-state index contributed by atoms with van der Waals surface area (Å²) in [7, 11) is 0. The predicted molar refractivity (Wildman–Crippen MR) is 119 cm³/mol. The molecule has 11 heteroatoms. The first kappa shape index (κ1) is 20.9. The molecule has 158 valence electrons. The molecule has 0 aliphatic carbocycles. The van der Waals surface area contributed by atoms with Gasteiger partial charge in [0, 0.05) is 18.3 Å². The molecule has 4 rings (SSSR count). The van der Waals surface area contributed by atoms with E-state index in [0.717, 1.165) is 29.9 Å². The highest BCUT2D eigenvalue weighted by atomic mass is 32.2. The van der Waals surface area contributed by atoms with Gasteiger partial charge in [-0.05, 0) is 30.5 Å². The minimum atomic E-state index is -0.638. The van der Waals surface area contributed by atoms with E-state index in [1.807, 2.05) is 24.3 Å². The Morgan fingerprint density at radius 1 is 1.16 bits per heavy atom. The molecule has 3 aromatic rings. The van der Waals surface area contributed by atoms with E-state index < -0.39 is 10.8 Å². The van der Waals surface area contributed by atoms with Gasteiger partial charge in [-0.15, -0.1) is 10.2 Å². The zero-order chi connectivity index (χ0) is 21.8. The van der Waals surface area contributed by atoms with Crippen LogP contribution in [0.1, 0.15) is 22.3 Å². The van der Waals surface area contributed by atoms with Gasteiger partial charge < -0.3 is 4.90 Å². The van der Waals surface area contributed by atoms with Crippen LogP contribution < -0.4 is 10.2 Å². The molecule has 1 N–H and O–H groups in total. The molecule has 0 bridgehead atoms. The van der Waals surface area contributed by atoms with E-state index in [0.29, 0.717) is 10.9 Å². The van der Waals surface area contributed by atoms with Crippen molar-refractivity contribution >= 4 is 51.4 Å². The number of nitrogens with zero attached hydrogens (tertiary/aromatic N) is 4. The van der Waals surface area contributed by atoms with Gasteiger partial charge in [-0.25, -0.2) is 0 Å². The topological polar surface area (TPSA) is 118 Å². The van der Waals surface area contributed by atoms with Gasteiger partial charge in [0.1, 0.15) is 5.56 Å². The average molecular weight is 456 g/mol. The van der Waals surface area contributed by atoms with Gasteiger partial charge in [-0.3, -0.25) is 25.0 Å². The Morgan fingerprint density at radius 3 is 2.77 bits per heavy atom. The number of benzene rings is 2. The lowest BCUT2D eigenvalue weighted by atomic mass is 10.0. The normalized spacial score (nSPS) is 12.8. The van der Waals surface area contributed by atoms with Crippen LogP contribution in [0.25, 0.3) is 0 Å². The lowest BCUT2D eigenvalue weighted by molar-refractivity contribution is -0.385. The van der Waals surface area contributed by atoms with Gasteiger partial charge in [-0.1, -0.05) is 53.4 Å². The van der Waals surface area contributed by atoms with E-state index in [1.165, 1.54) is 35.5 Å². The van der Waals surface area contributed by atoms with Gasteiger partial charge >= 0.3 is 0 Å². The molecule has 0 unspecified atom stereocenters. The maximum atomic E-state index is 12.7. The zero-order valence-corrected chi connectivity index (χ0v) is 17.8.